The maximum atomic E-state index is 10.2. The highest BCUT2D eigenvalue weighted by molar-refractivity contribution is 5.67. The molecule has 2 heterocycles. The average molecular weight is 283 g/mol. The number of aromatic hydroxyl groups is 1. The highest BCUT2D eigenvalue weighted by atomic mass is 16.5. The van der Waals surface area contributed by atoms with E-state index in [0.717, 1.165) is 25.1 Å². The molecule has 1 aromatic rings. The van der Waals surface area contributed by atoms with E-state index in [0.29, 0.717) is 11.8 Å². The van der Waals surface area contributed by atoms with Gasteiger partial charge < -0.3 is 19.9 Å². The number of hydrogen-bond donors (Lipinski definition) is 2. The fourth-order valence-corrected chi connectivity index (χ4v) is 4.70. The summed E-state index contributed by atoms with van der Waals surface area (Å²) in [5.74, 6) is 1.75. The fraction of sp³-hybridized carbons (Fsp3) is 0.412. The fourth-order valence-electron chi connectivity index (χ4n) is 4.70. The predicted octanol–water partition coefficient (Wildman–Crippen LogP) is 1.78. The molecule has 108 valence electrons. The van der Waals surface area contributed by atoms with Crippen molar-refractivity contribution in [1.82, 2.24) is 5.32 Å². The normalized spacial score (nSPS) is 34.5. The number of nitrogens with one attached hydrogen (secondary N) is 1. The number of hydrogen-bond acceptors (Lipinski definition) is 4. The molecule has 1 aromatic carbocycles. The second-order valence-electron chi connectivity index (χ2n) is 6.27. The van der Waals surface area contributed by atoms with Gasteiger partial charge in [-0.25, -0.2) is 0 Å². The van der Waals surface area contributed by atoms with Crippen molar-refractivity contribution in [3.8, 4) is 11.5 Å². The van der Waals surface area contributed by atoms with E-state index in [1.807, 2.05) is 12.1 Å². The highest BCUT2D eigenvalue weighted by Gasteiger charge is 2.60. The summed E-state index contributed by atoms with van der Waals surface area (Å²) in [7, 11) is 1.69. The Bertz CT molecular complexity index is 721. The van der Waals surface area contributed by atoms with Crippen LogP contribution >= 0.6 is 0 Å². The van der Waals surface area contributed by atoms with Crippen molar-refractivity contribution in [2.24, 2.45) is 0 Å². The minimum absolute atomic E-state index is 0.144. The topological polar surface area (TPSA) is 50.7 Å². The SMILES string of the molecule is COC1=CC=C2C3Cc4ccc(O)c5c4C2(CCN3)[C@@H]1O5. The van der Waals surface area contributed by atoms with Crippen LogP contribution < -0.4 is 10.1 Å². The molecular weight excluding hydrogens is 266 g/mol. The Morgan fingerprint density at radius 1 is 1.38 bits per heavy atom. The largest absolute Gasteiger partial charge is 0.504 e. The quantitative estimate of drug-likeness (QED) is 0.825. The number of phenolic OH excluding ortho intramolecular Hbond substituents is 1. The van der Waals surface area contributed by atoms with E-state index >= 15 is 0 Å². The Kier molecular flexibility index (Phi) is 2.02. The van der Waals surface area contributed by atoms with Gasteiger partial charge in [-0.2, -0.15) is 0 Å². The number of piperidine rings is 1. The Balaban J connectivity index is 1.87. The molecule has 0 amide bonds. The lowest BCUT2D eigenvalue weighted by atomic mass is 9.58. The number of methoxy groups -OCH3 is 1. The maximum absolute atomic E-state index is 10.2. The van der Waals surface area contributed by atoms with Gasteiger partial charge in [-0.3, -0.25) is 0 Å². The van der Waals surface area contributed by atoms with E-state index < -0.39 is 0 Å². The molecular formula is C17H17NO3. The second kappa shape index (κ2) is 3.63. The summed E-state index contributed by atoms with van der Waals surface area (Å²) >= 11 is 0. The maximum Gasteiger partial charge on any atom is 0.169 e. The zero-order valence-electron chi connectivity index (χ0n) is 11.8. The first-order chi connectivity index (χ1) is 10.3. The van der Waals surface area contributed by atoms with Crippen molar-refractivity contribution >= 4 is 0 Å². The highest BCUT2D eigenvalue weighted by Crippen LogP contribution is 2.61. The lowest BCUT2D eigenvalue weighted by Gasteiger charge is -2.49. The molecule has 1 saturated heterocycles. The van der Waals surface area contributed by atoms with E-state index in [2.05, 4.69) is 11.4 Å². The lowest BCUT2D eigenvalue weighted by molar-refractivity contribution is 0.0999. The zero-order valence-corrected chi connectivity index (χ0v) is 11.8. The van der Waals surface area contributed by atoms with Crippen molar-refractivity contribution in [3.05, 3.63) is 46.7 Å². The van der Waals surface area contributed by atoms with Gasteiger partial charge >= 0.3 is 0 Å². The van der Waals surface area contributed by atoms with Crippen LogP contribution in [0.4, 0.5) is 0 Å². The van der Waals surface area contributed by atoms with E-state index in [4.69, 9.17) is 9.47 Å². The van der Waals surface area contributed by atoms with E-state index in [9.17, 15) is 5.11 Å². The molecule has 21 heavy (non-hydrogen) atoms. The van der Waals surface area contributed by atoms with E-state index in [1.165, 1.54) is 16.7 Å². The molecule has 2 unspecified atom stereocenters. The summed E-state index contributed by atoms with van der Waals surface area (Å²) in [5, 5.41) is 13.9. The van der Waals surface area contributed by atoms with Crippen LogP contribution in [0, 0.1) is 0 Å². The number of rotatable bonds is 1. The van der Waals surface area contributed by atoms with Gasteiger partial charge in [0.05, 0.1) is 12.5 Å². The second-order valence-corrected chi connectivity index (χ2v) is 6.27. The minimum Gasteiger partial charge on any atom is -0.504 e. The Labute approximate surface area is 123 Å². The molecule has 2 aliphatic heterocycles. The van der Waals surface area contributed by atoms with Crippen LogP contribution in [0.1, 0.15) is 17.5 Å². The number of ether oxygens (including phenoxy) is 2. The lowest BCUT2D eigenvalue weighted by Crippen LogP contribution is -2.58. The summed E-state index contributed by atoms with van der Waals surface area (Å²) in [5.41, 5.74) is 3.71. The Hall–Kier alpha value is -1.94. The van der Waals surface area contributed by atoms with Gasteiger partial charge in [-0.05, 0) is 42.7 Å². The average Bonchev–Trinajstić information content (AvgIpc) is 2.83. The van der Waals surface area contributed by atoms with Crippen molar-refractivity contribution in [2.75, 3.05) is 13.7 Å². The molecule has 4 aliphatic rings. The van der Waals surface area contributed by atoms with Gasteiger partial charge in [-0.15, -0.1) is 0 Å². The first-order valence-corrected chi connectivity index (χ1v) is 7.47. The first-order valence-electron chi connectivity index (χ1n) is 7.47. The standard InChI is InChI=1S/C17H17NO3/c1-20-13-5-3-10-11-8-9-2-4-12(19)15-14(9)17(10,6-7-18-11)16(13)21-15/h2-5,11,16,18-19H,6-8H2,1H3/t11?,16-,17?/m1/s1. The third-order valence-corrected chi connectivity index (χ3v) is 5.50. The van der Waals surface area contributed by atoms with Crippen molar-refractivity contribution < 1.29 is 14.6 Å². The van der Waals surface area contributed by atoms with Gasteiger partial charge in [0.1, 0.15) is 5.76 Å². The predicted molar refractivity (Wildman–Crippen MR) is 77.5 cm³/mol. The summed E-state index contributed by atoms with van der Waals surface area (Å²) in [6.45, 7) is 0.966. The molecule has 0 aromatic heterocycles. The zero-order chi connectivity index (χ0) is 14.2. The van der Waals surface area contributed by atoms with Crippen LogP contribution in [0.2, 0.25) is 0 Å². The third kappa shape index (κ3) is 1.17. The molecule has 5 rings (SSSR count). The molecule has 1 spiro atoms. The van der Waals surface area contributed by atoms with Gasteiger partial charge in [0.2, 0.25) is 0 Å². The molecule has 0 radical (unpaired) electrons. The van der Waals surface area contributed by atoms with Crippen LogP contribution in [0.5, 0.6) is 11.5 Å². The number of allylic oxidation sites excluding steroid dienone is 2. The van der Waals surface area contributed by atoms with E-state index in [-0.39, 0.29) is 17.3 Å². The Morgan fingerprint density at radius 3 is 3.14 bits per heavy atom. The number of phenols is 1. The van der Waals surface area contributed by atoms with Gasteiger partial charge in [0.25, 0.3) is 0 Å². The molecule has 3 atom stereocenters. The Morgan fingerprint density at radius 2 is 2.29 bits per heavy atom. The molecule has 0 saturated carbocycles. The van der Waals surface area contributed by atoms with Crippen LogP contribution in [-0.4, -0.2) is 30.9 Å². The smallest absolute Gasteiger partial charge is 0.169 e. The monoisotopic (exact) mass is 283 g/mol. The molecule has 2 bridgehead atoms. The van der Waals surface area contributed by atoms with Crippen LogP contribution in [0.15, 0.2) is 35.6 Å². The summed E-state index contributed by atoms with van der Waals surface area (Å²) in [4.78, 5) is 0. The summed E-state index contributed by atoms with van der Waals surface area (Å²) in [6.07, 6.45) is 6.01. The molecule has 4 heteroatoms. The number of benzene rings is 1. The van der Waals surface area contributed by atoms with Gasteiger partial charge in [0.15, 0.2) is 17.6 Å². The van der Waals surface area contributed by atoms with Gasteiger partial charge in [-0.1, -0.05) is 12.1 Å². The van der Waals surface area contributed by atoms with E-state index in [1.54, 1.807) is 13.2 Å². The molecule has 2 aliphatic carbocycles. The van der Waals surface area contributed by atoms with Crippen molar-refractivity contribution in [3.63, 3.8) is 0 Å². The molecule has 4 nitrogen and oxygen atoms in total. The summed E-state index contributed by atoms with van der Waals surface area (Å²) in [6, 6.07) is 4.16. The first kappa shape index (κ1) is 11.7. The van der Waals surface area contributed by atoms with Crippen LogP contribution in [-0.2, 0) is 16.6 Å². The van der Waals surface area contributed by atoms with Crippen LogP contribution in [0.25, 0.3) is 0 Å². The third-order valence-electron chi connectivity index (χ3n) is 5.50. The summed E-state index contributed by atoms with van der Waals surface area (Å²) < 4.78 is 11.8. The minimum atomic E-state index is -0.155. The van der Waals surface area contributed by atoms with Gasteiger partial charge in [0, 0.05) is 11.6 Å². The van der Waals surface area contributed by atoms with Crippen molar-refractivity contribution in [1.29, 1.82) is 0 Å². The molecule has 1 fully saturated rings. The van der Waals surface area contributed by atoms with Crippen molar-refractivity contribution in [2.45, 2.75) is 30.4 Å². The molecule has 2 N–H and O–H groups in total. The van der Waals surface area contributed by atoms with Crippen LogP contribution in [0.3, 0.4) is 0 Å².